The first-order valence-electron chi connectivity index (χ1n) is 9.21. The number of rotatable bonds is 7. The molecule has 132 valence electrons. The molecule has 1 amide bonds. The van der Waals surface area contributed by atoms with Gasteiger partial charge in [0.05, 0.1) is 0 Å². The number of nitrogens with one attached hydrogen (secondary N) is 3. The van der Waals surface area contributed by atoms with Crippen LogP contribution >= 0.6 is 0 Å². The van der Waals surface area contributed by atoms with E-state index in [0.29, 0.717) is 25.0 Å². The van der Waals surface area contributed by atoms with Crippen molar-refractivity contribution in [2.24, 2.45) is 4.99 Å². The Morgan fingerprint density at radius 2 is 1.96 bits per heavy atom. The maximum Gasteiger partial charge on any atom is 0.221 e. The highest BCUT2D eigenvalue weighted by atomic mass is 16.1. The lowest BCUT2D eigenvalue weighted by atomic mass is 10.2. The lowest BCUT2D eigenvalue weighted by Crippen LogP contribution is -2.45. The van der Waals surface area contributed by atoms with Gasteiger partial charge in [-0.1, -0.05) is 19.8 Å². The average Bonchev–Trinajstić information content (AvgIpc) is 3.21. The summed E-state index contributed by atoms with van der Waals surface area (Å²) in [6.07, 6.45) is 7.80. The normalized spacial score (nSPS) is 23.2. The van der Waals surface area contributed by atoms with Crippen LogP contribution in [0.25, 0.3) is 0 Å². The highest BCUT2D eigenvalue weighted by Gasteiger charge is 2.22. The maximum absolute atomic E-state index is 11.9. The van der Waals surface area contributed by atoms with E-state index in [1.165, 1.54) is 32.2 Å². The number of carbonyl (C=O) groups excluding carboxylic acids is 1. The summed E-state index contributed by atoms with van der Waals surface area (Å²) >= 11 is 0. The van der Waals surface area contributed by atoms with Gasteiger partial charge in [0.2, 0.25) is 5.91 Å². The third kappa shape index (κ3) is 6.01. The summed E-state index contributed by atoms with van der Waals surface area (Å²) in [5, 5.41) is 9.74. The summed E-state index contributed by atoms with van der Waals surface area (Å²) in [5.74, 6) is 0.939. The second-order valence-electron chi connectivity index (χ2n) is 6.60. The van der Waals surface area contributed by atoms with Crippen molar-refractivity contribution < 1.29 is 4.79 Å². The molecule has 0 radical (unpaired) electrons. The number of hydrogen-bond donors (Lipinski definition) is 3. The molecule has 1 saturated carbocycles. The van der Waals surface area contributed by atoms with Gasteiger partial charge in [-0.2, -0.15) is 0 Å². The highest BCUT2D eigenvalue weighted by Crippen LogP contribution is 2.17. The molecular formula is C17H33N5O. The molecule has 2 rings (SSSR count). The van der Waals surface area contributed by atoms with Gasteiger partial charge >= 0.3 is 0 Å². The van der Waals surface area contributed by atoms with Gasteiger partial charge in [0.1, 0.15) is 0 Å². The third-order valence-electron chi connectivity index (χ3n) is 5.00. The maximum atomic E-state index is 11.9. The van der Waals surface area contributed by atoms with Gasteiger partial charge < -0.3 is 16.0 Å². The van der Waals surface area contributed by atoms with Crippen molar-refractivity contribution in [1.82, 2.24) is 20.9 Å². The molecule has 2 fully saturated rings. The summed E-state index contributed by atoms with van der Waals surface area (Å²) in [6, 6.07) is 1.01. The largest absolute Gasteiger partial charge is 0.356 e. The monoisotopic (exact) mass is 323 g/mol. The number of hydrogen-bond acceptors (Lipinski definition) is 3. The van der Waals surface area contributed by atoms with Crippen molar-refractivity contribution in [3.05, 3.63) is 0 Å². The van der Waals surface area contributed by atoms with Crippen LogP contribution in [0.15, 0.2) is 4.99 Å². The average molecular weight is 323 g/mol. The number of likely N-dealkylation sites (N-methyl/N-ethyl adjacent to an activating group) is 1. The smallest absolute Gasteiger partial charge is 0.221 e. The Morgan fingerprint density at radius 1 is 1.17 bits per heavy atom. The molecular weight excluding hydrogens is 290 g/mol. The van der Waals surface area contributed by atoms with E-state index >= 15 is 0 Å². The van der Waals surface area contributed by atoms with Gasteiger partial charge in [0.15, 0.2) is 5.96 Å². The predicted octanol–water partition coefficient (Wildman–Crippen LogP) is 1.08. The fourth-order valence-corrected chi connectivity index (χ4v) is 3.64. The second kappa shape index (κ2) is 9.75. The Kier molecular flexibility index (Phi) is 7.65. The van der Waals surface area contributed by atoms with Gasteiger partial charge in [-0.15, -0.1) is 0 Å². The van der Waals surface area contributed by atoms with Crippen LogP contribution in [0.1, 0.15) is 51.9 Å². The molecule has 2 aliphatic rings. The molecule has 1 unspecified atom stereocenters. The standard InChI is InChI=1S/C17H33N5O/c1-3-22-12-6-9-15(22)13-20-17(18-2)19-11-10-16(23)21-14-7-4-5-8-14/h14-15H,3-13H2,1-2H3,(H,21,23)(H2,18,19,20). The Morgan fingerprint density at radius 3 is 2.65 bits per heavy atom. The quantitative estimate of drug-likeness (QED) is 0.484. The van der Waals surface area contributed by atoms with Crippen LogP contribution < -0.4 is 16.0 Å². The van der Waals surface area contributed by atoms with Crippen LogP contribution in [-0.2, 0) is 4.79 Å². The van der Waals surface area contributed by atoms with Crippen LogP contribution in [-0.4, -0.2) is 62.1 Å². The van der Waals surface area contributed by atoms with Gasteiger partial charge in [-0.05, 0) is 38.8 Å². The first kappa shape index (κ1) is 18.0. The predicted molar refractivity (Wildman–Crippen MR) is 94.6 cm³/mol. The topological polar surface area (TPSA) is 68.8 Å². The zero-order valence-corrected chi connectivity index (χ0v) is 14.7. The van der Waals surface area contributed by atoms with E-state index in [1.807, 2.05) is 0 Å². The Labute approximate surface area is 140 Å². The van der Waals surface area contributed by atoms with Gasteiger partial charge in [0, 0.05) is 38.6 Å². The molecule has 0 bridgehead atoms. The SMILES string of the molecule is CCN1CCCC1CNC(=NC)NCCC(=O)NC1CCCC1. The molecule has 0 aromatic carbocycles. The van der Waals surface area contributed by atoms with Crippen LogP contribution in [0.5, 0.6) is 0 Å². The molecule has 1 atom stereocenters. The molecule has 3 N–H and O–H groups in total. The number of aliphatic imine (C=N–C) groups is 1. The molecule has 6 heteroatoms. The summed E-state index contributed by atoms with van der Waals surface area (Å²) in [6.45, 7) is 6.08. The van der Waals surface area contributed by atoms with Crippen molar-refractivity contribution in [3.8, 4) is 0 Å². The third-order valence-corrected chi connectivity index (χ3v) is 5.00. The van der Waals surface area contributed by atoms with Crippen LogP contribution in [0.3, 0.4) is 0 Å². The zero-order chi connectivity index (χ0) is 16.5. The number of guanidine groups is 1. The zero-order valence-electron chi connectivity index (χ0n) is 14.7. The van der Waals surface area contributed by atoms with E-state index in [4.69, 9.17) is 0 Å². The number of carbonyl (C=O) groups is 1. The molecule has 1 aliphatic carbocycles. The molecule has 0 aromatic rings. The minimum absolute atomic E-state index is 0.146. The van der Waals surface area contributed by atoms with Crippen molar-refractivity contribution in [2.75, 3.05) is 33.2 Å². The van der Waals surface area contributed by atoms with E-state index in [-0.39, 0.29) is 5.91 Å². The molecule has 6 nitrogen and oxygen atoms in total. The van der Waals surface area contributed by atoms with Gasteiger partial charge in [-0.25, -0.2) is 0 Å². The van der Waals surface area contributed by atoms with E-state index in [9.17, 15) is 4.79 Å². The lowest BCUT2D eigenvalue weighted by molar-refractivity contribution is -0.121. The summed E-state index contributed by atoms with van der Waals surface area (Å²) in [7, 11) is 1.78. The van der Waals surface area contributed by atoms with E-state index < -0.39 is 0 Å². The van der Waals surface area contributed by atoms with Crippen molar-refractivity contribution in [1.29, 1.82) is 0 Å². The van der Waals surface area contributed by atoms with Gasteiger partial charge in [0.25, 0.3) is 0 Å². The molecule has 0 aromatic heterocycles. The summed E-state index contributed by atoms with van der Waals surface area (Å²) in [4.78, 5) is 18.7. The Bertz CT molecular complexity index is 392. The molecule has 1 saturated heterocycles. The van der Waals surface area contributed by atoms with E-state index in [2.05, 4.69) is 32.8 Å². The van der Waals surface area contributed by atoms with E-state index in [1.54, 1.807) is 7.05 Å². The number of amides is 1. The molecule has 23 heavy (non-hydrogen) atoms. The fraction of sp³-hybridized carbons (Fsp3) is 0.882. The van der Waals surface area contributed by atoms with Crippen LogP contribution in [0.2, 0.25) is 0 Å². The van der Waals surface area contributed by atoms with Crippen LogP contribution in [0.4, 0.5) is 0 Å². The fourth-order valence-electron chi connectivity index (χ4n) is 3.64. The van der Waals surface area contributed by atoms with Gasteiger partial charge in [-0.3, -0.25) is 14.7 Å². The molecule has 1 heterocycles. The first-order chi connectivity index (χ1) is 11.2. The van der Waals surface area contributed by atoms with Crippen molar-refractivity contribution in [2.45, 2.75) is 64.0 Å². The summed E-state index contributed by atoms with van der Waals surface area (Å²) in [5.41, 5.74) is 0. The second-order valence-corrected chi connectivity index (χ2v) is 6.60. The Hall–Kier alpha value is -1.30. The van der Waals surface area contributed by atoms with Crippen molar-refractivity contribution in [3.63, 3.8) is 0 Å². The van der Waals surface area contributed by atoms with Crippen molar-refractivity contribution >= 4 is 11.9 Å². The summed E-state index contributed by atoms with van der Waals surface area (Å²) < 4.78 is 0. The number of likely N-dealkylation sites (tertiary alicyclic amines) is 1. The lowest BCUT2D eigenvalue weighted by Gasteiger charge is -2.24. The minimum atomic E-state index is 0.146. The minimum Gasteiger partial charge on any atom is -0.356 e. The van der Waals surface area contributed by atoms with E-state index in [0.717, 1.165) is 31.9 Å². The molecule has 0 spiro atoms. The number of nitrogens with zero attached hydrogens (tertiary/aromatic N) is 2. The molecule has 1 aliphatic heterocycles. The van der Waals surface area contributed by atoms with Crippen LogP contribution in [0, 0.1) is 0 Å². The Balaban J connectivity index is 1.60. The first-order valence-corrected chi connectivity index (χ1v) is 9.21. The highest BCUT2D eigenvalue weighted by molar-refractivity contribution is 5.81.